The molecule has 0 spiro atoms. The summed E-state index contributed by atoms with van der Waals surface area (Å²) in [6, 6.07) is 6.88. The first-order chi connectivity index (χ1) is 16.6. The smallest absolute Gasteiger partial charge is 0.422 e. The molecule has 3 rings (SSSR count). The Labute approximate surface area is 200 Å². The van der Waals surface area contributed by atoms with Crippen molar-refractivity contribution in [2.45, 2.75) is 63.5 Å². The first-order valence-electron chi connectivity index (χ1n) is 11.6. The minimum absolute atomic E-state index is 0.200. The molecule has 0 saturated carbocycles. The number of phenolic OH excluding ortho intramolecular Hbond substituents is 1. The SMILES string of the molecule is CCCCCCCCOc1ccc(C2(F)C(c3ccc(O)c(C(F)(F)F)c3F)=CC=CC2F)cc1. The van der Waals surface area contributed by atoms with E-state index in [4.69, 9.17) is 4.74 Å². The van der Waals surface area contributed by atoms with Crippen molar-refractivity contribution in [1.82, 2.24) is 0 Å². The molecule has 2 nitrogen and oxygen atoms in total. The molecular weight excluding hydrogens is 470 g/mol. The zero-order valence-electron chi connectivity index (χ0n) is 19.3. The van der Waals surface area contributed by atoms with Gasteiger partial charge in [-0.25, -0.2) is 13.2 Å². The van der Waals surface area contributed by atoms with Crippen molar-refractivity contribution in [3.63, 3.8) is 0 Å². The summed E-state index contributed by atoms with van der Waals surface area (Å²) >= 11 is 0. The lowest BCUT2D eigenvalue weighted by atomic mass is 9.77. The van der Waals surface area contributed by atoms with Crippen LogP contribution in [0.5, 0.6) is 11.5 Å². The van der Waals surface area contributed by atoms with Gasteiger partial charge in [0.15, 0.2) is 11.8 Å². The highest BCUT2D eigenvalue weighted by Gasteiger charge is 2.48. The van der Waals surface area contributed by atoms with E-state index in [1.165, 1.54) is 37.1 Å². The Morgan fingerprint density at radius 1 is 0.971 bits per heavy atom. The fraction of sp³-hybridized carbons (Fsp3) is 0.407. The van der Waals surface area contributed by atoms with Gasteiger partial charge in [-0.1, -0.05) is 63.3 Å². The van der Waals surface area contributed by atoms with Crippen molar-refractivity contribution in [1.29, 1.82) is 0 Å². The second-order valence-electron chi connectivity index (χ2n) is 8.54. The van der Waals surface area contributed by atoms with Crippen molar-refractivity contribution in [3.05, 3.63) is 77.1 Å². The van der Waals surface area contributed by atoms with Crippen LogP contribution < -0.4 is 4.74 Å². The average molecular weight is 499 g/mol. The van der Waals surface area contributed by atoms with Crippen molar-refractivity contribution in [2.75, 3.05) is 6.61 Å². The molecule has 1 N–H and O–H groups in total. The Balaban J connectivity index is 1.83. The third-order valence-corrected chi connectivity index (χ3v) is 6.05. The van der Waals surface area contributed by atoms with E-state index in [1.54, 1.807) is 0 Å². The molecule has 8 heteroatoms. The summed E-state index contributed by atoms with van der Waals surface area (Å²) in [6.45, 7) is 2.60. The van der Waals surface area contributed by atoms with E-state index in [9.17, 15) is 27.1 Å². The van der Waals surface area contributed by atoms with Gasteiger partial charge in [0.2, 0.25) is 0 Å². The molecule has 2 aromatic carbocycles. The molecular formula is C27H28F6O2. The van der Waals surface area contributed by atoms with Crippen LogP contribution in [0.4, 0.5) is 26.3 Å². The number of ether oxygens (including phenoxy) is 1. The molecule has 0 fully saturated rings. The number of allylic oxidation sites excluding steroid dienone is 4. The second kappa shape index (κ2) is 11.2. The van der Waals surface area contributed by atoms with Crippen molar-refractivity contribution in [2.24, 2.45) is 0 Å². The van der Waals surface area contributed by atoms with Crippen LogP contribution in [0.25, 0.3) is 5.57 Å². The monoisotopic (exact) mass is 498 g/mol. The number of alkyl halides is 5. The number of halogens is 6. The Bertz CT molecular complexity index is 1060. The van der Waals surface area contributed by atoms with Gasteiger partial charge in [0.1, 0.15) is 22.9 Å². The summed E-state index contributed by atoms with van der Waals surface area (Å²) in [6.07, 6.45) is 2.08. The van der Waals surface area contributed by atoms with Gasteiger partial charge in [0.05, 0.1) is 6.61 Å². The Morgan fingerprint density at radius 2 is 1.63 bits per heavy atom. The van der Waals surface area contributed by atoms with Crippen molar-refractivity contribution >= 4 is 5.57 Å². The van der Waals surface area contributed by atoms with Gasteiger partial charge in [0, 0.05) is 11.1 Å². The van der Waals surface area contributed by atoms with Gasteiger partial charge >= 0.3 is 6.18 Å². The largest absolute Gasteiger partial charge is 0.507 e. The van der Waals surface area contributed by atoms with E-state index in [1.807, 2.05) is 0 Å². The second-order valence-corrected chi connectivity index (χ2v) is 8.54. The normalized spacial score (nSPS) is 20.1. The third kappa shape index (κ3) is 5.85. The number of hydrogen-bond donors (Lipinski definition) is 1. The molecule has 0 aliphatic heterocycles. The Kier molecular flexibility index (Phi) is 8.56. The van der Waals surface area contributed by atoms with Crippen LogP contribution in [-0.2, 0) is 11.8 Å². The van der Waals surface area contributed by atoms with E-state index in [0.717, 1.165) is 50.0 Å². The molecule has 0 radical (unpaired) electrons. The highest BCUT2D eigenvalue weighted by molar-refractivity contribution is 5.79. The molecule has 2 unspecified atom stereocenters. The summed E-state index contributed by atoms with van der Waals surface area (Å²) < 4.78 is 91.6. The summed E-state index contributed by atoms with van der Waals surface area (Å²) in [7, 11) is 0. The van der Waals surface area contributed by atoms with Crippen LogP contribution in [-0.4, -0.2) is 17.9 Å². The first-order valence-corrected chi connectivity index (χ1v) is 11.6. The fourth-order valence-electron chi connectivity index (χ4n) is 4.16. The topological polar surface area (TPSA) is 29.5 Å². The van der Waals surface area contributed by atoms with Gasteiger partial charge in [0.25, 0.3) is 0 Å². The van der Waals surface area contributed by atoms with E-state index in [0.29, 0.717) is 18.4 Å². The maximum absolute atomic E-state index is 16.3. The minimum atomic E-state index is -5.22. The number of aromatic hydroxyl groups is 1. The predicted octanol–water partition coefficient (Wildman–Crippen LogP) is 8.45. The predicted molar refractivity (Wildman–Crippen MR) is 123 cm³/mol. The van der Waals surface area contributed by atoms with Crippen LogP contribution in [0.15, 0.2) is 54.6 Å². The zero-order valence-corrected chi connectivity index (χ0v) is 19.3. The van der Waals surface area contributed by atoms with Gasteiger partial charge in [-0.2, -0.15) is 13.2 Å². The van der Waals surface area contributed by atoms with Crippen LogP contribution >= 0.6 is 0 Å². The third-order valence-electron chi connectivity index (χ3n) is 6.05. The lowest BCUT2D eigenvalue weighted by Gasteiger charge is -2.33. The first kappa shape index (κ1) is 26.7. The maximum Gasteiger partial charge on any atom is 0.422 e. The van der Waals surface area contributed by atoms with Crippen LogP contribution in [0.1, 0.15) is 62.1 Å². The summed E-state index contributed by atoms with van der Waals surface area (Å²) in [4.78, 5) is 0. The number of unbranched alkanes of at least 4 members (excludes halogenated alkanes) is 5. The molecule has 35 heavy (non-hydrogen) atoms. The maximum atomic E-state index is 16.3. The van der Waals surface area contributed by atoms with Gasteiger partial charge in [-0.05, 0) is 42.3 Å². The molecule has 2 aromatic rings. The summed E-state index contributed by atoms with van der Waals surface area (Å²) in [5, 5.41) is 9.55. The van der Waals surface area contributed by atoms with Gasteiger partial charge < -0.3 is 9.84 Å². The fourth-order valence-corrected chi connectivity index (χ4v) is 4.16. The van der Waals surface area contributed by atoms with Crippen LogP contribution in [0.2, 0.25) is 0 Å². The highest BCUT2D eigenvalue weighted by Crippen LogP contribution is 2.49. The lowest BCUT2D eigenvalue weighted by Crippen LogP contribution is -2.34. The summed E-state index contributed by atoms with van der Waals surface area (Å²) in [5.41, 5.74) is -6.48. The minimum Gasteiger partial charge on any atom is -0.507 e. The van der Waals surface area contributed by atoms with E-state index in [2.05, 4.69) is 6.92 Å². The molecule has 190 valence electrons. The highest BCUT2D eigenvalue weighted by atomic mass is 19.4. The number of phenols is 1. The van der Waals surface area contributed by atoms with Crippen molar-refractivity contribution in [3.8, 4) is 11.5 Å². The number of hydrogen-bond acceptors (Lipinski definition) is 2. The molecule has 0 amide bonds. The van der Waals surface area contributed by atoms with E-state index < -0.39 is 46.3 Å². The standard InChI is InChI=1S/C27H28F6O2/c1-2-3-4-5-6-7-17-35-19-13-11-18(12-14-19)26(30)21(9-8-10-23(26)28)20-15-16-22(34)24(25(20)29)27(31,32)33/h8-16,23,34H,2-7,17H2,1H3. The summed E-state index contributed by atoms with van der Waals surface area (Å²) in [5.74, 6) is -2.76. The molecule has 0 heterocycles. The van der Waals surface area contributed by atoms with E-state index >= 15 is 4.39 Å². The Morgan fingerprint density at radius 3 is 2.29 bits per heavy atom. The molecule has 0 aromatic heterocycles. The van der Waals surface area contributed by atoms with Gasteiger partial charge in [-0.3, -0.25) is 0 Å². The van der Waals surface area contributed by atoms with Crippen molar-refractivity contribution < 1.29 is 36.2 Å². The molecule has 0 saturated heterocycles. The number of benzene rings is 2. The number of rotatable bonds is 10. The van der Waals surface area contributed by atoms with Gasteiger partial charge in [-0.15, -0.1) is 0 Å². The molecule has 2 atom stereocenters. The molecule has 1 aliphatic carbocycles. The van der Waals surface area contributed by atoms with E-state index in [-0.39, 0.29) is 5.56 Å². The van der Waals surface area contributed by atoms with Crippen LogP contribution in [0, 0.1) is 5.82 Å². The zero-order chi connectivity index (χ0) is 25.6. The quantitative estimate of drug-likeness (QED) is 0.263. The molecule has 0 bridgehead atoms. The average Bonchev–Trinajstić information content (AvgIpc) is 2.80. The molecule has 1 aliphatic rings. The Hall–Kier alpha value is -2.90. The van der Waals surface area contributed by atoms with Crippen LogP contribution in [0.3, 0.4) is 0 Å². The lowest BCUT2D eigenvalue weighted by molar-refractivity contribution is -0.141.